The number of hydrogen-bond acceptors (Lipinski definition) is 5. The zero-order valence-electron chi connectivity index (χ0n) is 27.9. The van der Waals surface area contributed by atoms with Gasteiger partial charge in [-0.3, -0.25) is 4.79 Å². The van der Waals surface area contributed by atoms with Crippen LogP contribution in [0.25, 0.3) is 11.1 Å². The molecule has 5 atom stereocenters. The van der Waals surface area contributed by atoms with Crippen LogP contribution in [0.2, 0.25) is 0 Å². The first kappa shape index (κ1) is 32.9. The zero-order chi connectivity index (χ0) is 32.6. The molecule has 3 aromatic rings. The Balaban J connectivity index is 0.932. The summed E-state index contributed by atoms with van der Waals surface area (Å²) in [5, 5.41) is 9.00. The van der Waals surface area contributed by atoms with Crippen LogP contribution in [0.3, 0.4) is 0 Å². The number of nitrogens with zero attached hydrogens (tertiary/aromatic N) is 1. The van der Waals surface area contributed by atoms with Gasteiger partial charge in [-0.2, -0.15) is 5.26 Å². The molecule has 5 heteroatoms. The number of ether oxygens (including phenoxy) is 3. The summed E-state index contributed by atoms with van der Waals surface area (Å²) in [6.07, 6.45) is 14.0. The van der Waals surface area contributed by atoms with Gasteiger partial charge in [0, 0.05) is 11.8 Å². The summed E-state index contributed by atoms with van der Waals surface area (Å²) in [5.41, 5.74) is 5.90. The number of esters is 1. The molecule has 0 amide bonds. The molecule has 0 spiro atoms. The van der Waals surface area contributed by atoms with Crippen molar-refractivity contribution in [2.45, 2.75) is 96.0 Å². The molecule has 5 nitrogen and oxygen atoms in total. The summed E-state index contributed by atoms with van der Waals surface area (Å²) in [4.78, 5) is 13.0. The summed E-state index contributed by atoms with van der Waals surface area (Å²) in [5.74, 6) is 3.67. The topological polar surface area (TPSA) is 68.6 Å². The van der Waals surface area contributed by atoms with Gasteiger partial charge in [-0.05, 0) is 147 Å². The van der Waals surface area contributed by atoms with Gasteiger partial charge in [-0.25, -0.2) is 0 Å². The molecule has 0 unspecified atom stereocenters. The first-order valence-electron chi connectivity index (χ1n) is 17.8. The lowest BCUT2D eigenvalue weighted by Gasteiger charge is -2.50. The van der Waals surface area contributed by atoms with Crippen LogP contribution >= 0.6 is 0 Å². The van der Waals surface area contributed by atoms with E-state index in [-0.39, 0.29) is 17.5 Å². The molecule has 0 aromatic heterocycles. The summed E-state index contributed by atoms with van der Waals surface area (Å²) in [7, 11) is 0. The van der Waals surface area contributed by atoms with Crippen LogP contribution in [-0.4, -0.2) is 25.3 Å². The number of fused-ring (bicyclic) bond motifs is 5. The number of rotatable bonds is 14. The van der Waals surface area contributed by atoms with Crippen LogP contribution in [-0.2, 0) is 16.0 Å². The second kappa shape index (κ2) is 15.2. The van der Waals surface area contributed by atoms with Crippen molar-refractivity contribution < 1.29 is 19.0 Å². The Morgan fingerprint density at radius 1 is 0.894 bits per heavy atom. The molecule has 2 saturated carbocycles. The van der Waals surface area contributed by atoms with Crippen molar-refractivity contribution in [3.63, 3.8) is 0 Å². The van der Waals surface area contributed by atoms with Gasteiger partial charge in [-0.1, -0.05) is 43.3 Å². The minimum atomic E-state index is -0.0585. The van der Waals surface area contributed by atoms with Crippen LogP contribution in [0, 0.1) is 28.6 Å². The summed E-state index contributed by atoms with van der Waals surface area (Å²) >= 11 is 0. The molecule has 6 rings (SSSR count). The van der Waals surface area contributed by atoms with Crippen molar-refractivity contribution in [1.29, 1.82) is 5.26 Å². The van der Waals surface area contributed by atoms with E-state index in [4.69, 9.17) is 19.5 Å². The van der Waals surface area contributed by atoms with Gasteiger partial charge in [0.05, 0.1) is 24.8 Å². The molecule has 3 aliphatic carbocycles. The Morgan fingerprint density at radius 3 is 2.34 bits per heavy atom. The third kappa shape index (κ3) is 7.59. The number of unbranched alkanes of at least 4 members (excludes halogenated alkanes) is 3. The van der Waals surface area contributed by atoms with Crippen molar-refractivity contribution in [3.8, 4) is 28.7 Å². The van der Waals surface area contributed by atoms with Crippen molar-refractivity contribution in [3.05, 3.63) is 96.1 Å². The van der Waals surface area contributed by atoms with E-state index in [2.05, 4.69) is 37.8 Å². The van der Waals surface area contributed by atoms with E-state index >= 15 is 0 Å². The van der Waals surface area contributed by atoms with E-state index in [1.165, 1.54) is 24.0 Å². The predicted molar refractivity (Wildman–Crippen MR) is 186 cm³/mol. The molecule has 3 aliphatic rings. The van der Waals surface area contributed by atoms with Gasteiger partial charge in [0.1, 0.15) is 17.6 Å². The zero-order valence-corrected chi connectivity index (χ0v) is 27.9. The van der Waals surface area contributed by atoms with Gasteiger partial charge in [0.2, 0.25) is 0 Å². The van der Waals surface area contributed by atoms with Crippen molar-refractivity contribution in [2.75, 3.05) is 13.2 Å². The molecule has 0 aliphatic heterocycles. The fourth-order valence-electron chi connectivity index (χ4n) is 8.63. The molecule has 0 bridgehead atoms. The SMILES string of the molecule is C=CCCCCOc1ccc2c(c1)CC[C@@H]1[C@@H]2CC[C@]2(C)[C@@H](OC(=O)CCCCOc3ccc(-c4ccc(C#N)cc4)cc3)CC[C@@H]12. The molecule has 246 valence electrons. The highest BCUT2D eigenvalue weighted by molar-refractivity contribution is 5.69. The summed E-state index contributed by atoms with van der Waals surface area (Å²) < 4.78 is 18.2. The molecule has 0 N–H and O–H groups in total. The van der Waals surface area contributed by atoms with Crippen LogP contribution in [0.5, 0.6) is 11.5 Å². The Bertz CT molecular complexity index is 1550. The number of carbonyl (C=O) groups excluding carboxylic acids is 1. The minimum absolute atomic E-state index is 0.0325. The first-order chi connectivity index (χ1) is 23.0. The maximum Gasteiger partial charge on any atom is 0.306 e. The second-order valence-corrected chi connectivity index (χ2v) is 14.0. The molecule has 2 fully saturated rings. The molecule has 0 saturated heterocycles. The monoisotopic (exact) mass is 631 g/mol. The van der Waals surface area contributed by atoms with Crippen LogP contribution < -0.4 is 9.47 Å². The van der Waals surface area contributed by atoms with E-state index in [1.54, 1.807) is 0 Å². The third-order valence-corrected chi connectivity index (χ3v) is 11.2. The van der Waals surface area contributed by atoms with Gasteiger partial charge >= 0.3 is 5.97 Å². The number of nitriles is 1. The first-order valence-corrected chi connectivity index (χ1v) is 17.8. The number of allylic oxidation sites excluding steroid dienone is 1. The minimum Gasteiger partial charge on any atom is -0.494 e. The van der Waals surface area contributed by atoms with Crippen molar-refractivity contribution in [1.82, 2.24) is 0 Å². The number of aryl methyl sites for hydroxylation is 1. The lowest BCUT2D eigenvalue weighted by atomic mass is 9.55. The maximum absolute atomic E-state index is 13.0. The Morgan fingerprint density at radius 2 is 1.60 bits per heavy atom. The lowest BCUT2D eigenvalue weighted by molar-refractivity contribution is -0.157. The highest BCUT2D eigenvalue weighted by Crippen LogP contribution is 2.61. The average Bonchev–Trinajstić information content (AvgIpc) is 3.43. The smallest absolute Gasteiger partial charge is 0.306 e. The Kier molecular flexibility index (Phi) is 10.7. The number of hydrogen-bond donors (Lipinski definition) is 0. The van der Waals surface area contributed by atoms with E-state index in [9.17, 15) is 4.79 Å². The molecular formula is C42H49NO4. The fourth-order valence-corrected chi connectivity index (χ4v) is 8.63. The van der Waals surface area contributed by atoms with Gasteiger partial charge in [0.25, 0.3) is 0 Å². The number of benzene rings is 3. The van der Waals surface area contributed by atoms with Crippen LogP contribution in [0.4, 0.5) is 0 Å². The fraction of sp³-hybridized carbons (Fsp3) is 0.476. The van der Waals surface area contributed by atoms with Gasteiger partial charge in [0.15, 0.2) is 0 Å². The van der Waals surface area contributed by atoms with E-state index in [1.807, 2.05) is 54.6 Å². The van der Waals surface area contributed by atoms with Crippen LogP contribution in [0.15, 0.2) is 79.4 Å². The molecule has 0 heterocycles. The van der Waals surface area contributed by atoms with E-state index in [0.29, 0.717) is 36.3 Å². The summed E-state index contributed by atoms with van der Waals surface area (Å²) in [6.45, 7) is 7.54. The predicted octanol–water partition coefficient (Wildman–Crippen LogP) is 9.98. The van der Waals surface area contributed by atoms with Gasteiger partial charge in [-0.15, -0.1) is 6.58 Å². The molecule has 0 radical (unpaired) electrons. The quantitative estimate of drug-likeness (QED) is 0.101. The second-order valence-electron chi connectivity index (χ2n) is 14.0. The summed E-state index contributed by atoms with van der Waals surface area (Å²) in [6, 6.07) is 24.6. The maximum atomic E-state index is 13.0. The molecule has 3 aromatic carbocycles. The lowest BCUT2D eigenvalue weighted by Crippen LogP contribution is -2.45. The Hall–Kier alpha value is -4.04. The molecular weight excluding hydrogens is 582 g/mol. The van der Waals surface area contributed by atoms with Crippen LogP contribution in [0.1, 0.15) is 100 Å². The standard InChI is InChI=1S/C42H49NO4/c1-3-4-5-7-26-46-35-19-21-36-33(28-35)16-20-38-37(36)24-25-42(2)39(38)22-23-40(42)47-41(44)9-6-8-27-45-34-17-14-32(15-18-34)31-12-10-30(29-43)11-13-31/h3,10-15,17-19,21,28,37-40H,1,4-9,16,20,22-27H2,2H3/t37-,38-,39+,40+,42+/m1/s1. The normalized spacial score (nSPS) is 24.3. The van der Waals surface area contributed by atoms with E-state index in [0.717, 1.165) is 87.0 Å². The van der Waals surface area contributed by atoms with Crippen molar-refractivity contribution >= 4 is 5.97 Å². The molecule has 47 heavy (non-hydrogen) atoms. The van der Waals surface area contributed by atoms with Gasteiger partial charge < -0.3 is 14.2 Å². The largest absolute Gasteiger partial charge is 0.494 e. The third-order valence-electron chi connectivity index (χ3n) is 11.2. The highest BCUT2D eigenvalue weighted by Gasteiger charge is 2.56. The van der Waals surface area contributed by atoms with E-state index < -0.39 is 0 Å². The number of carbonyl (C=O) groups is 1. The van der Waals surface area contributed by atoms with Crippen molar-refractivity contribution in [2.24, 2.45) is 17.3 Å². The highest BCUT2D eigenvalue weighted by atomic mass is 16.5. The average molecular weight is 632 g/mol. The Labute approximate surface area is 280 Å².